The van der Waals surface area contributed by atoms with E-state index >= 15 is 0 Å². The Morgan fingerprint density at radius 2 is 0.737 bits per heavy atom. The fraction of sp³-hybridized carbons (Fsp3) is 0.0566. The van der Waals surface area contributed by atoms with Crippen LogP contribution in [0.4, 0.5) is 0 Å². The molecule has 0 atom stereocenters. The van der Waals surface area contributed by atoms with E-state index in [0.717, 1.165) is 55.6 Å². The van der Waals surface area contributed by atoms with E-state index in [9.17, 15) is 9.59 Å². The fourth-order valence-electron chi connectivity index (χ4n) is 8.38. The third-order valence-corrected chi connectivity index (χ3v) is 11.1. The molecule has 0 saturated heterocycles. The summed E-state index contributed by atoms with van der Waals surface area (Å²) in [5, 5.41) is 0. The smallest absolute Gasteiger partial charge is 0.193 e. The molecule has 4 nitrogen and oxygen atoms in total. The second-order valence-corrected chi connectivity index (χ2v) is 14.3. The lowest BCUT2D eigenvalue weighted by atomic mass is 9.66. The molecule has 0 fully saturated rings. The number of ketones is 2. The minimum absolute atomic E-state index is 0.0857. The summed E-state index contributed by atoms with van der Waals surface area (Å²) in [6.45, 7) is 0. The van der Waals surface area contributed by atoms with Crippen molar-refractivity contribution < 1.29 is 19.1 Å². The lowest BCUT2D eigenvalue weighted by Crippen LogP contribution is -2.30. The summed E-state index contributed by atoms with van der Waals surface area (Å²) in [4.78, 5) is 29.2. The van der Waals surface area contributed by atoms with Crippen molar-refractivity contribution in [3.05, 3.63) is 239 Å². The van der Waals surface area contributed by atoms with Crippen LogP contribution in [0.15, 0.2) is 194 Å². The van der Waals surface area contributed by atoms with Crippen molar-refractivity contribution in [2.75, 3.05) is 14.2 Å². The number of ether oxygens (including phenoxy) is 2. The number of benzene rings is 8. The van der Waals surface area contributed by atoms with Gasteiger partial charge in [0, 0.05) is 22.3 Å². The van der Waals surface area contributed by atoms with Crippen LogP contribution in [0.3, 0.4) is 0 Å². The molecule has 9 rings (SSSR count). The minimum atomic E-state index is -1.05. The fourth-order valence-corrected chi connectivity index (χ4v) is 8.38. The number of methoxy groups -OCH3 is 2. The third kappa shape index (κ3) is 6.22. The average molecular weight is 739 g/mol. The highest BCUT2D eigenvalue weighted by Gasteiger charge is 2.48. The predicted molar refractivity (Wildman–Crippen MR) is 227 cm³/mol. The van der Waals surface area contributed by atoms with Gasteiger partial charge in [-0.15, -0.1) is 0 Å². The molecule has 57 heavy (non-hydrogen) atoms. The molecule has 0 heterocycles. The van der Waals surface area contributed by atoms with Gasteiger partial charge in [-0.3, -0.25) is 9.59 Å². The van der Waals surface area contributed by atoms with Crippen molar-refractivity contribution in [3.63, 3.8) is 0 Å². The summed E-state index contributed by atoms with van der Waals surface area (Å²) in [6.07, 6.45) is 0. The first-order valence-corrected chi connectivity index (χ1v) is 19.0. The first kappa shape index (κ1) is 35.4. The summed E-state index contributed by atoms with van der Waals surface area (Å²) in [5.41, 5.74) is 10.7. The Bertz CT molecular complexity index is 2580. The van der Waals surface area contributed by atoms with Gasteiger partial charge >= 0.3 is 0 Å². The highest BCUT2D eigenvalue weighted by Crippen LogP contribution is 2.58. The Morgan fingerprint density at radius 1 is 0.368 bits per heavy atom. The Balaban J connectivity index is 1.44. The molecule has 0 unspecified atom stereocenters. The Kier molecular flexibility index (Phi) is 9.16. The summed E-state index contributed by atoms with van der Waals surface area (Å²) >= 11 is 0. The zero-order valence-corrected chi connectivity index (χ0v) is 31.6. The highest BCUT2D eigenvalue weighted by atomic mass is 16.5. The van der Waals surface area contributed by atoms with E-state index in [1.807, 2.05) is 133 Å². The Labute approximate surface area is 332 Å². The number of carbonyl (C=O) groups excluding carboxylic acids is 2. The molecule has 274 valence electrons. The number of hydrogen-bond donors (Lipinski definition) is 0. The number of rotatable bonds is 10. The molecule has 0 spiro atoms. The van der Waals surface area contributed by atoms with Crippen LogP contribution in [0.1, 0.15) is 54.1 Å². The van der Waals surface area contributed by atoms with Crippen molar-refractivity contribution in [2.45, 2.75) is 5.41 Å². The van der Waals surface area contributed by atoms with Crippen molar-refractivity contribution >= 4 is 11.6 Å². The van der Waals surface area contributed by atoms with Crippen molar-refractivity contribution in [1.29, 1.82) is 0 Å². The Morgan fingerprint density at radius 3 is 1.11 bits per heavy atom. The molecular weight excluding hydrogens is 701 g/mol. The zero-order valence-electron chi connectivity index (χ0n) is 31.6. The SMILES string of the molecule is COc1ccc2c(c1)C(c1cc(C(=O)c3ccccc3)cc(-c3ccccc3)c1)(c1cc(C(=O)c3ccccc3)cc(-c3ccccc3)c1)c1cc(OC)ccc1-2. The molecule has 1 aliphatic carbocycles. The first-order valence-electron chi connectivity index (χ1n) is 19.0. The van der Waals surface area contributed by atoms with Crippen LogP contribution in [0.5, 0.6) is 11.5 Å². The molecule has 0 N–H and O–H groups in total. The van der Waals surface area contributed by atoms with Crippen molar-refractivity contribution in [2.24, 2.45) is 0 Å². The van der Waals surface area contributed by atoms with E-state index in [1.54, 1.807) is 14.2 Å². The molecule has 0 amide bonds. The molecule has 0 saturated carbocycles. The molecule has 0 bridgehead atoms. The van der Waals surface area contributed by atoms with Crippen LogP contribution >= 0.6 is 0 Å². The molecule has 8 aromatic rings. The van der Waals surface area contributed by atoms with Gasteiger partial charge in [-0.05, 0) is 116 Å². The monoisotopic (exact) mass is 738 g/mol. The van der Waals surface area contributed by atoms with Crippen LogP contribution in [-0.2, 0) is 5.41 Å². The lowest BCUT2D eigenvalue weighted by Gasteiger charge is -2.35. The molecule has 4 heteroatoms. The van der Waals surface area contributed by atoms with E-state index in [-0.39, 0.29) is 11.6 Å². The molecule has 1 aliphatic rings. The maximum Gasteiger partial charge on any atom is 0.193 e. The van der Waals surface area contributed by atoms with Gasteiger partial charge in [-0.25, -0.2) is 0 Å². The molecule has 0 radical (unpaired) electrons. The van der Waals surface area contributed by atoms with Gasteiger partial charge in [-0.1, -0.05) is 133 Å². The van der Waals surface area contributed by atoms with E-state index in [4.69, 9.17) is 9.47 Å². The summed E-state index contributed by atoms with van der Waals surface area (Å²) in [7, 11) is 3.35. The quantitative estimate of drug-likeness (QED) is 0.131. The number of hydrogen-bond acceptors (Lipinski definition) is 4. The largest absolute Gasteiger partial charge is 0.497 e. The van der Waals surface area contributed by atoms with Crippen LogP contribution in [0, 0.1) is 0 Å². The van der Waals surface area contributed by atoms with E-state index < -0.39 is 5.41 Å². The molecular formula is C53H38O4. The molecule has 8 aromatic carbocycles. The van der Waals surface area contributed by atoms with Crippen LogP contribution < -0.4 is 9.47 Å². The standard InChI is InChI=1S/C53H38O4/c1-56-45-23-25-47-48-26-24-46(57-2)34-50(48)53(49(47)33-45,43-29-39(35-15-7-3-8-16-35)27-41(31-43)51(54)37-19-11-5-12-20-37)44-30-40(36-17-9-4-10-18-36)28-42(32-44)52(55)38-21-13-6-14-22-38/h3-34H,1-2H3. The molecule has 0 aliphatic heterocycles. The average Bonchev–Trinajstić information content (AvgIpc) is 3.58. The second-order valence-electron chi connectivity index (χ2n) is 14.3. The number of fused-ring (bicyclic) bond motifs is 3. The first-order chi connectivity index (χ1) is 28.0. The Hall–Kier alpha value is -7.30. The summed E-state index contributed by atoms with van der Waals surface area (Å²) < 4.78 is 11.9. The van der Waals surface area contributed by atoms with Gasteiger partial charge < -0.3 is 9.47 Å². The maximum absolute atomic E-state index is 14.6. The normalized spacial score (nSPS) is 12.3. The topological polar surface area (TPSA) is 52.6 Å². The van der Waals surface area contributed by atoms with Gasteiger partial charge in [0.25, 0.3) is 0 Å². The van der Waals surface area contributed by atoms with E-state index in [1.165, 1.54) is 0 Å². The van der Waals surface area contributed by atoms with Gasteiger partial charge in [-0.2, -0.15) is 0 Å². The second kappa shape index (κ2) is 14.7. The lowest BCUT2D eigenvalue weighted by molar-refractivity contribution is 0.103. The van der Waals surface area contributed by atoms with Crippen LogP contribution in [-0.4, -0.2) is 25.8 Å². The van der Waals surface area contributed by atoms with Crippen molar-refractivity contribution in [1.82, 2.24) is 0 Å². The third-order valence-electron chi connectivity index (χ3n) is 11.1. The van der Waals surface area contributed by atoms with Gasteiger partial charge in [0.05, 0.1) is 19.6 Å². The van der Waals surface area contributed by atoms with Crippen LogP contribution in [0.25, 0.3) is 33.4 Å². The van der Waals surface area contributed by atoms with E-state index in [0.29, 0.717) is 33.8 Å². The minimum Gasteiger partial charge on any atom is -0.497 e. The van der Waals surface area contributed by atoms with Gasteiger partial charge in [0.2, 0.25) is 0 Å². The molecule has 0 aromatic heterocycles. The van der Waals surface area contributed by atoms with Gasteiger partial charge in [0.15, 0.2) is 11.6 Å². The van der Waals surface area contributed by atoms with E-state index in [2.05, 4.69) is 60.7 Å². The predicted octanol–water partition coefficient (Wildman–Crippen LogP) is 11.9. The zero-order chi connectivity index (χ0) is 38.9. The van der Waals surface area contributed by atoms with Crippen molar-refractivity contribution in [3.8, 4) is 44.9 Å². The van der Waals surface area contributed by atoms with Crippen LogP contribution in [0.2, 0.25) is 0 Å². The number of carbonyl (C=O) groups is 2. The highest BCUT2D eigenvalue weighted by molar-refractivity contribution is 6.11. The summed E-state index contributed by atoms with van der Waals surface area (Å²) in [5.74, 6) is 1.21. The summed E-state index contributed by atoms with van der Waals surface area (Å²) in [6, 6.07) is 63.9. The maximum atomic E-state index is 14.6. The van der Waals surface area contributed by atoms with Gasteiger partial charge in [0.1, 0.15) is 11.5 Å².